The number of pyridine rings is 1. The molecule has 0 amide bonds. The maximum atomic E-state index is 11.5. The number of aromatic nitrogens is 1. The van der Waals surface area contributed by atoms with Gasteiger partial charge in [-0.1, -0.05) is 15.9 Å². The predicted octanol–water partition coefficient (Wildman–Crippen LogP) is 1.40. The summed E-state index contributed by atoms with van der Waals surface area (Å²) in [5, 5.41) is 7.35. The zero-order valence-electron chi connectivity index (χ0n) is 6.45. The smallest absolute Gasteiger partial charge is 0.209 e. The number of ether oxygens (including phenoxy) is 1. The molecule has 0 radical (unpaired) electrons. The second-order valence-electron chi connectivity index (χ2n) is 2.56. The van der Waals surface area contributed by atoms with Crippen molar-refractivity contribution < 1.29 is 9.53 Å². The summed E-state index contributed by atoms with van der Waals surface area (Å²) in [6.07, 6.45) is 2.96. The fourth-order valence-electron chi connectivity index (χ4n) is 1.08. The number of alkyl halides is 1. The Morgan fingerprint density at radius 3 is 3.15 bits per heavy atom. The number of nitrogens with zero attached hydrogens (tertiary/aromatic N) is 1. The van der Waals surface area contributed by atoms with Gasteiger partial charge in [0.05, 0.1) is 5.56 Å². The Hall–Kier alpha value is -1.23. The van der Waals surface area contributed by atoms with Gasteiger partial charge in [-0.25, -0.2) is 0 Å². The third-order valence-corrected chi connectivity index (χ3v) is 2.56. The summed E-state index contributed by atoms with van der Waals surface area (Å²) in [6.45, 7) is 0. The summed E-state index contributed by atoms with van der Waals surface area (Å²) in [6, 6.07) is 1.57. The number of halogens is 1. The SMILES string of the molecule is N=C1Oc2ccncc2C(=O)C1Br. The number of carbonyl (C=O) groups is 1. The van der Waals surface area contributed by atoms with E-state index in [9.17, 15) is 4.79 Å². The molecule has 1 aliphatic heterocycles. The highest BCUT2D eigenvalue weighted by Gasteiger charge is 2.31. The molecule has 0 aromatic carbocycles. The average molecular weight is 241 g/mol. The van der Waals surface area contributed by atoms with E-state index < -0.39 is 4.83 Å². The van der Waals surface area contributed by atoms with Crippen molar-refractivity contribution in [3.05, 3.63) is 24.0 Å². The molecule has 13 heavy (non-hydrogen) atoms. The Kier molecular flexibility index (Phi) is 1.88. The zero-order valence-corrected chi connectivity index (χ0v) is 8.04. The fraction of sp³-hybridized carbons (Fsp3) is 0.125. The standard InChI is InChI=1S/C8H5BrN2O2/c9-6-7(12)4-3-11-2-1-5(4)13-8(6)10/h1-3,6,10H. The molecular formula is C8H5BrN2O2. The molecule has 1 N–H and O–H groups in total. The van der Waals surface area contributed by atoms with Crippen molar-refractivity contribution in [3.63, 3.8) is 0 Å². The van der Waals surface area contributed by atoms with E-state index in [0.717, 1.165) is 0 Å². The van der Waals surface area contributed by atoms with Gasteiger partial charge in [0.25, 0.3) is 0 Å². The molecule has 0 fully saturated rings. The lowest BCUT2D eigenvalue weighted by Gasteiger charge is -2.19. The van der Waals surface area contributed by atoms with E-state index in [2.05, 4.69) is 20.9 Å². The minimum Gasteiger partial charge on any atom is -0.441 e. The third-order valence-electron chi connectivity index (χ3n) is 1.73. The summed E-state index contributed by atoms with van der Waals surface area (Å²) in [7, 11) is 0. The highest BCUT2D eigenvalue weighted by molar-refractivity contribution is 9.10. The molecule has 4 nitrogen and oxygen atoms in total. The molecule has 1 unspecified atom stereocenters. The molecule has 0 saturated carbocycles. The van der Waals surface area contributed by atoms with Crippen LogP contribution < -0.4 is 4.74 Å². The van der Waals surface area contributed by atoms with E-state index in [1.54, 1.807) is 6.07 Å². The minimum absolute atomic E-state index is 0.0799. The number of nitrogens with one attached hydrogen (secondary N) is 1. The van der Waals surface area contributed by atoms with Crippen LogP contribution in [0.25, 0.3) is 0 Å². The molecule has 0 aliphatic carbocycles. The van der Waals surface area contributed by atoms with Crippen LogP contribution in [0.4, 0.5) is 0 Å². The van der Waals surface area contributed by atoms with Gasteiger partial charge in [0, 0.05) is 12.4 Å². The van der Waals surface area contributed by atoms with Gasteiger partial charge in [0.15, 0.2) is 10.6 Å². The fourth-order valence-corrected chi connectivity index (χ4v) is 1.42. The van der Waals surface area contributed by atoms with Crippen molar-refractivity contribution in [2.24, 2.45) is 0 Å². The van der Waals surface area contributed by atoms with Crippen LogP contribution in [0.15, 0.2) is 18.5 Å². The molecule has 0 saturated heterocycles. The summed E-state index contributed by atoms with van der Waals surface area (Å²) in [5.74, 6) is 0.142. The third kappa shape index (κ3) is 1.25. The number of rotatable bonds is 0. The van der Waals surface area contributed by atoms with Gasteiger partial charge < -0.3 is 4.74 Å². The first-order valence-corrected chi connectivity index (χ1v) is 4.50. The molecule has 2 heterocycles. The van der Waals surface area contributed by atoms with Crippen LogP contribution in [-0.2, 0) is 0 Å². The van der Waals surface area contributed by atoms with Crippen molar-refractivity contribution in [3.8, 4) is 5.75 Å². The summed E-state index contributed by atoms with van der Waals surface area (Å²) < 4.78 is 5.09. The van der Waals surface area contributed by atoms with Gasteiger partial charge in [-0.2, -0.15) is 0 Å². The van der Waals surface area contributed by atoms with Crippen LogP contribution in [0.5, 0.6) is 5.75 Å². The van der Waals surface area contributed by atoms with Gasteiger partial charge in [-0.15, -0.1) is 0 Å². The van der Waals surface area contributed by atoms with Crippen molar-refractivity contribution in [1.29, 1.82) is 5.41 Å². The Bertz CT molecular complexity index is 391. The van der Waals surface area contributed by atoms with E-state index in [-0.39, 0.29) is 11.7 Å². The van der Waals surface area contributed by atoms with Crippen molar-refractivity contribution in [2.45, 2.75) is 4.83 Å². The van der Waals surface area contributed by atoms with Gasteiger partial charge in [-0.05, 0) is 6.07 Å². The highest BCUT2D eigenvalue weighted by Crippen LogP contribution is 2.26. The Morgan fingerprint density at radius 1 is 1.62 bits per heavy atom. The van der Waals surface area contributed by atoms with Gasteiger partial charge in [-0.3, -0.25) is 15.2 Å². The largest absolute Gasteiger partial charge is 0.441 e. The van der Waals surface area contributed by atoms with E-state index in [1.165, 1.54) is 12.4 Å². The molecule has 0 spiro atoms. The molecule has 1 aromatic rings. The molecule has 66 valence electrons. The second-order valence-corrected chi connectivity index (χ2v) is 3.48. The lowest BCUT2D eigenvalue weighted by molar-refractivity contribution is 0.0994. The van der Waals surface area contributed by atoms with Crippen LogP contribution in [0.1, 0.15) is 10.4 Å². The lowest BCUT2D eigenvalue weighted by atomic mass is 10.1. The quantitative estimate of drug-likeness (QED) is 0.698. The van der Waals surface area contributed by atoms with Gasteiger partial charge >= 0.3 is 0 Å². The molecule has 0 bridgehead atoms. The van der Waals surface area contributed by atoms with Crippen LogP contribution >= 0.6 is 15.9 Å². The van der Waals surface area contributed by atoms with E-state index in [4.69, 9.17) is 10.1 Å². The Labute approximate surface area is 82.6 Å². The number of ketones is 1. The molecular weight excluding hydrogens is 236 g/mol. The predicted molar refractivity (Wildman–Crippen MR) is 49.6 cm³/mol. The maximum absolute atomic E-state index is 11.5. The molecule has 1 atom stereocenters. The number of hydrogen-bond donors (Lipinski definition) is 1. The van der Waals surface area contributed by atoms with Crippen molar-refractivity contribution in [2.75, 3.05) is 0 Å². The van der Waals surface area contributed by atoms with E-state index in [1.807, 2.05) is 0 Å². The Morgan fingerprint density at radius 2 is 2.38 bits per heavy atom. The first-order chi connectivity index (χ1) is 6.20. The molecule has 2 rings (SSSR count). The molecule has 5 heteroatoms. The van der Waals surface area contributed by atoms with Crippen molar-refractivity contribution >= 4 is 27.6 Å². The van der Waals surface area contributed by atoms with Crippen LogP contribution in [0, 0.1) is 5.41 Å². The lowest BCUT2D eigenvalue weighted by Crippen LogP contribution is -2.33. The van der Waals surface area contributed by atoms with Gasteiger partial charge in [0.1, 0.15) is 5.75 Å². The number of Topliss-reactive ketones (excluding diaryl/α,β-unsaturated/α-hetero) is 1. The molecule has 1 aliphatic rings. The van der Waals surface area contributed by atoms with Crippen molar-refractivity contribution in [1.82, 2.24) is 4.98 Å². The van der Waals surface area contributed by atoms with Gasteiger partial charge in [0.2, 0.25) is 5.90 Å². The summed E-state index contributed by atoms with van der Waals surface area (Å²) >= 11 is 3.06. The zero-order chi connectivity index (χ0) is 9.42. The highest BCUT2D eigenvalue weighted by atomic mass is 79.9. The summed E-state index contributed by atoms with van der Waals surface area (Å²) in [4.78, 5) is 14.7. The molecule has 1 aromatic heterocycles. The first-order valence-electron chi connectivity index (χ1n) is 3.59. The summed E-state index contributed by atoms with van der Waals surface area (Å²) in [5.41, 5.74) is 0.417. The monoisotopic (exact) mass is 240 g/mol. The van der Waals surface area contributed by atoms with E-state index >= 15 is 0 Å². The maximum Gasteiger partial charge on any atom is 0.209 e. The number of carbonyl (C=O) groups excluding carboxylic acids is 1. The average Bonchev–Trinajstić information content (AvgIpc) is 2.15. The topological polar surface area (TPSA) is 63.0 Å². The number of fused-ring (bicyclic) bond motifs is 1. The van der Waals surface area contributed by atoms with Crippen LogP contribution in [0.2, 0.25) is 0 Å². The van der Waals surface area contributed by atoms with Crippen LogP contribution in [-0.4, -0.2) is 21.5 Å². The Balaban J connectivity index is 2.55. The minimum atomic E-state index is -0.677. The van der Waals surface area contributed by atoms with E-state index in [0.29, 0.717) is 11.3 Å². The second kappa shape index (κ2) is 2.92. The normalized spacial score (nSPS) is 20.8. The number of hydrogen-bond acceptors (Lipinski definition) is 4. The first kappa shape index (κ1) is 8.37. The van der Waals surface area contributed by atoms with Crippen LogP contribution in [0.3, 0.4) is 0 Å².